The average Bonchev–Trinajstić information content (AvgIpc) is 2.50. The zero-order valence-corrected chi connectivity index (χ0v) is 13.3. The summed E-state index contributed by atoms with van der Waals surface area (Å²) in [5.41, 5.74) is 5.34. The number of hydrogen-bond donors (Lipinski definition) is 2. The number of benzene rings is 2. The first-order valence-corrected chi connectivity index (χ1v) is 7.56. The van der Waals surface area contributed by atoms with Crippen LogP contribution in [0.4, 0.5) is 8.78 Å². The van der Waals surface area contributed by atoms with Crippen molar-refractivity contribution >= 4 is 15.9 Å². The lowest BCUT2D eigenvalue weighted by Gasteiger charge is -2.19. The van der Waals surface area contributed by atoms with Crippen LogP contribution in [0.25, 0.3) is 0 Å². The summed E-state index contributed by atoms with van der Waals surface area (Å²) >= 11 is 3.10. The number of nitrogens with one attached hydrogen (secondary N) is 1. The van der Waals surface area contributed by atoms with Crippen LogP contribution in [0.2, 0.25) is 0 Å². The molecule has 2 aromatic rings. The van der Waals surface area contributed by atoms with Crippen molar-refractivity contribution in [2.45, 2.75) is 25.8 Å². The van der Waals surface area contributed by atoms with Gasteiger partial charge in [-0.25, -0.2) is 14.2 Å². The van der Waals surface area contributed by atoms with E-state index in [1.54, 1.807) is 0 Å². The summed E-state index contributed by atoms with van der Waals surface area (Å²) in [6.45, 7) is 2.12. The molecule has 5 heteroatoms. The molecule has 112 valence electrons. The minimum Gasteiger partial charge on any atom is -0.271 e. The van der Waals surface area contributed by atoms with E-state index in [0.29, 0.717) is 5.56 Å². The summed E-state index contributed by atoms with van der Waals surface area (Å²) in [4.78, 5) is 0. The first-order valence-electron chi connectivity index (χ1n) is 6.76. The molecule has 0 amide bonds. The molecule has 0 aromatic heterocycles. The first-order chi connectivity index (χ1) is 10.1. The molecule has 1 unspecified atom stereocenters. The maximum Gasteiger partial charge on any atom is 0.173 e. The molecular formula is C16H17BrF2N2. The fourth-order valence-electron chi connectivity index (χ4n) is 2.29. The summed E-state index contributed by atoms with van der Waals surface area (Å²) in [6, 6.07) is 10.2. The summed E-state index contributed by atoms with van der Waals surface area (Å²) in [5.74, 6) is 3.81. The van der Waals surface area contributed by atoms with Crippen molar-refractivity contribution in [3.8, 4) is 0 Å². The van der Waals surface area contributed by atoms with E-state index in [1.807, 2.05) is 24.3 Å². The van der Waals surface area contributed by atoms with Gasteiger partial charge in [0.15, 0.2) is 11.6 Å². The van der Waals surface area contributed by atoms with Crippen LogP contribution < -0.4 is 11.3 Å². The Balaban J connectivity index is 2.37. The van der Waals surface area contributed by atoms with E-state index in [1.165, 1.54) is 11.6 Å². The zero-order chi connectivity index (χ0) is 15.4. The van der Waals surface area contributed by atoms with Crippen molar-refractivity contribution in [1.82, 2.24) is 5.43 Å². The molecule has 1 atom stereocenters. The van der Waals surface area contributed by atoms with Crippen LogP contribution in [0, 0.1) is 11.6 Å². The monoisotopic (exact) mass is 354 g/mol. The molecule has 0 saturated heterocycles. The lowest BCUT2D eigenvalue weighted by molar-refractivity contribution is 0.498. The van der Waals surface area contributed by atoms with E-state index in [9.17, 15) is 8.78 Å². The quantitative estimate of drug-likeness (QED) is 0.479. The van der Waals surface area contributed by atoms with Gasteiger partial charge in [0.25, 0.3) is 0 Å². The zero-order valence-electron chi connectivity index (χ0n) is 11.7. The van der Waals surface area contributed by atoms with Gasteiger partial charge < -0.3 is 0 Å². The number of hydrazine groups is 1. The maximum atomic E-state index is 13.7. The van der Waals surface area contributed by atoms with Gasteiger partial charge in [-0.05, 0) is 45.1 Å². The topological polar surface area (TPSA) is 38.0 Å². The summed E-state index contributed by atoms with van der Waals surface area (Å²) in [6.07, 6.45) is 2.09. The molecule has 0 bridgehead atoms. The fraction of sp³-hybridized carbons (Fsp3) is 0.250. The third kappa shape index (κ3) is 3.48. The van der Waals surface area contributed by atoms with E-state index in [2.05, 4.69) is 28.3 Å². The molecule has 0 saturated carbocycles. The third-order valence-corrected chi connectivity index (χ3v) is 4.20. The summed E-state index contributed by atoms with van der Waals surface area (Å²) in [7, 11) is 0. The SMILES string of the molecule is CCCc1ccc(C(NN)c2ccc(F)c(F)c2Br)cc1. The van der Waals surface area contributed by atoms with Gasteiger partial charge in [-0.2, -0.15) is 0 Å². The van der Waals surface area contributed by atoms with Crippen molar-refractivity contribution in [3.05, 3.63) is 69.2 Å². The molecule has 0 radical (unpaired) electrons. The molecule has 3 N–H and O–H groups in total. The van der Waals surface area contributed by atoms with Crippen molar-refractivity contribution in [1.29, 1.82) is 0 Å². The van der Waals surface area contributed by atoms with Gasteiger partial charge in [0.05, 0.1) is 10.5 Å². The highest BCUT2D eigenvalue weighted by Gasteiger charge is 2.19. The Morgan fingerprint density at radius 3 is 2.38 bits per heavy atom. The second kappa shape index (κ2) is 7.11. The van der Waals surface area contributed by atoms with Crippen LogP contribution in [0.3, 0.4) is 0 Å². The summed E-state index contributed by atoms with van der Waals surface area (Å²) in [5, 5.41) is 0. The molecule has 0 heterocycles. The average molecular weight is 355 g/mol. The van der Waals surface area contributed by atoms with Gasteiger partial charge in [-0.3, -0.25) is 5.84 Å². The maximum absolute atomic E-state index is 13.7. The molecule has 21 heavy (non-hydrogen) atoms. The second-order valence-corrected chi connectivity index (χ2v) is 5.65. The van der Waals surface area contributed by atoms with Crippen LogP contribution in [0.15, 0.2) is 40.9 Å². The Morgan fingerprint density at radius 1 is 1.14 bits per heavy atom. The fourth-order valence-corrected chi connectivity index (χ4v) is 2.85. The van der Waals surface area contributed by atoms with Crippen LogP contribution in [-0.4, -0.2) is 0 Å². The number of rotatable bonds is 5. The lowest BCUT2D eigenvalue weighted by atomic mass is 9.97. The largest absolute Gasteiger partial charge is 0.271 e. The smallest absolute Gasteiger partial charge is 0.173 e. The molecule has 2 aromatic carbocycles. The Bertz CT molecular complexity index is 614. The summed E-state index contributed by atoms with van der Waals surface area (Å²) < 4.78 is 27.0. The Labute approximate surface area is 131 Å². The Hall–Kier alpha value is -1.30. The van der Waals surface area contributed by atoms with Gasteiger partial charge in [0, 0.05) is 0 Å². The third-order valence-electron chi connectivity index (χ3n) is 3.39. The Morgan fingerprint density at radius 2 is 1.81 bits per heavy atom. The van der Waals surface area contributed by atoms with Crippen molar-refractivity contribution in [2.75, 3.05) is 0 Å². The van der Waals surface area contributed by atoms with Gasteiger partial charge >= 0.3 is 0 Å². The van der Waals surface area contributed by atoms with Crippen molar-refractivity contribution in [3.63, 3.8) is 0 Å². The highest BCUT2D eigenvalue weighted by molar-refractivity contribution is 9.10. The molecule has 0 spiro atoms. The number of hydrogen-bond acceptors (Lipinski definition) is 2. The molecule has 0 aliphatic rings. The molecular weight excluding hydrogens is 338 g/mol. The van der Waals surface area contributed by atoms with E-state index in [-0.39, 0.29) is 4.47 Å². The Kier molecular flexibility index (Phi) is 5.45. The van der Waals surface area contributed by atoms with Gasteiger partial charge in [-0.1, -0.05) is 43.7 Å². The molecule has 0 aliphatic heterocycles. The van der Waals surface area contributed by atoms with Crippen LogP contribution in [0.5, 0.6) is 0 Å². The standard InChI is InChI=1S/C16H17BrF2N2/c1-2-3-10-4-6-11(7-5-10)16(21-20)12-8-9-13(18)15(19)14(12)17/h4-9,16,21H,2-3,20H2,1H3. The van der Waals surface area contributed by atoms with Crippen molar-refractivity contribution in [2.24, 2.45) is 5.84 Å². The highest BCUT2D eigenvalue weighted by Crippen LogP contribution is 2.31. The molecule has 2 nitrogen and oxygen atoms in total. The highest BCUT2D eigenvalue weighted by atomic mass is 79.9. The van der Waals surface area contributed by atoms with Gasteiger partial charge in [0.1, 0.15) is 0 Å². The van der Waals surface area contributed by atoms with Crippen LogP contribution in [-0.2, 0) is 6.42 Å². The number of halogens is 3. The first kappa shape index (κ1) is 16.1. The second-order valence-electron chi connectivity index (χ2n) is 4.86. The molecule has 0 aliphatic carbocycles. The minimum absolute atomic E-state index is 0.0862. The number of nitrogens with two attached hydrogens (primary N) is 1. The van der Waals surface area contributed by atoms with Crippen LogP contribution in [0.1, 0.15) is 36.1 Å². The van der Waals surface area contributed by atoms with E-state index in [0.717, 1.165) is 24.5 Å². The lowest BCUT2D eigenvalue weighted by Crippen LogP contribution is -2.29. The number of aryl methyl sites for hydroxylation is 1. The minimum atomic E-state index is -0.907. The van der Waals surface area contributed by atoms with Crippen LogP contribution >= 0.6 is 15.9 Å². The van der Waals surface area contributed by atoms with E-state index < -0.39 is 17.7 Å². The normalized spacial score (nSPS) is 12.4. The predicted octanol–water partition coefficient (Wildman–Crippen LogP) is 4.23. The van der Waals surface area contributed by atoms with E-state index in [4.69, 9.17) is 5.84 Å². The van der Waals surface area contributed by atoms with Gasteiger partial charge in [0.2, 0.25) is 0 Å². The predicted molar refractivity (Wildman–Crippen MR) is 83.7 cm³/mol. The molecule has 2 rings (SSSR count). The molecule has 0 fully saturated rings. The van der Waals surface area contributed by atoms with Crippen molar-refractivity contribution < 1.29 is 8.78 Å². The van der Waals surface area contributed by atoms with E-state index >= 15 is 0 Å². The van der Waals surface area contributed by atoms with Gasteiger partial charge in [-0.15, -0.1) is 0 Å².